The third-order valence-corrected chi connectivity index (χ3v) is 4.75. The first-order chi connectivity index (χ1) is 13.5. The van der Waals surface area contributed by atoms with Crippen LogP contribution in [0.15, 0.2) is 6.07 Å². The second-order valence-electron chi connectivity index (χ2n) is 5.95. The summed E-state index contributed by atoms with van der Waals surface area (Å²) in [6.45, 7) is 0. The van der Waals surface area contributed by atoms with Gasteiger partial charge in [0.15, 0.2) is 0 Å². The number of ether oxygens (including phenoxy) is 1. The molecule has 2 N–H and O–H groups in total. The zero-order chi connectivity index (χ0) is 23.7. The van der Waals surface area contributed by atoms with Gasteiger partial charge in [-0.15, -0.1) is 0 Å². The zero-order valence-corrected chi connectivity index (χ0v) is 15.7. The van der Waals surface area contributed by atoms with Crippen LogP contribution in [0.1, 0.15) is 27.0 Å². The molecule has 0 atom stereocenters. The molecule has 0 amide bonds. The number of esters is 1. The molecular weight excluding hydrogens is 443 g/mol. The van der Waals surface area contributed by atoms with Crippen molar-refractivity contribution in [3.8, 4) is 5.75 Å². The molecule has 30 heavy (non-hydrogen) atoms. The number of carbonyl (C=O) groups excluding carboxylic acids is 1. The monoisotopic (exact) mass is 454 g/mol. The van der Waals surface area contributed by atoms with E-state index in [2.05, 4.69) is 4.74 Å². The smallest absolute Gasteiger partial charge is 0.438 e. The van der Waals surface area contributed by atoms with Gasteiger partial charge >= 0.3 is 23.9 Å². The summed E-state index contributed by atoms with van der Waals surface area (Å²) in [6, 6.07) is 0.941. The van der Waals surface area contributed by atoms with Gasteiger partial charge in [-0.25, -0.2) is 4.79 Å². The van der Waals surface area contributed by atoms with Crippen molar-refractivity contribution in [2.45, 2.75) is 36.9 Å². The molecule has 0 bridgehead atoms. The SMILES string of the molecule is [B]Cc1cc(C[B])c(C(=O)OC(CS(=O)(=O)O)(C(F)(F)F)C(F)(F)F)c(C[B])c1O. The summed E-state index contributed by atoms with van der Waals surface area (Å²) in [6.07, 6.45) is -14.7. The first-order valence-electron chi connectivity index (χ1n) is 7.74. The molecule has 160 valence electrons. The van der Waals surface area contributed by atoms with E-state index in [9.17, 15) is 44.7 Å². The summed E-state index contributed by atoms with van der Waals surface area (Å²) >= 11 is 0. The molecule has 1 aromatic carbocycles. The molecule has 6 nitrogen and oxygen atoms in total. The molecule has 0 fully saturated rings. The largest absolute Gasteiger partial charge is 0.507 e. The van der Waals surface area contributed by atoms with Crippen LogP contribution in [-0.2, 0) is 33.8 Å². The van der Waals surface area contributed by atoms with E-state index in [-0.39, 0.29) is 17.4 Å². The van der Waals surface area contributed by atoms with Gasteiger partial charge in [0.1, 0.15) is 11.5 Å². The topological polar surface area (TPSA) is 101 Å². The molecule has 1 rings (SSSR count). The van der Waals surface area contributed by atoms with E-state index in [4.69, 9.17) is 28.1 Å². The maximum absolute atomic E-state index is 13.4. The van der Waals surface area contributed by atoms with Crippen molar-refractivity contribution in [3.05, 3.63) is 28.3 Å². The van der Waals surface area contributed by atoms with Crippen molar-refractivity contribution < 1.29 is 54.0 Å². The van der Waals surface area contributed by atoms with E-state index in [1.54, 1.807) is 0 Å². The Bertz CT molecular complexity index is 902. The van der Waals surface area contributed by atoms with Crippen molar-refractivity contribution >= 4 is 39.6 Å². The number of phenolic OH excluding ortho intramolecular Hbond substituents is 1. The molecule has 0 saturated heterocycles. The van der Waals surface area contributed by atoms with Gasteiger partial charge < -0.3 is 9.84 Å². The summed E-state index contributed by atoms with van der Waals surface area (Å²) in [5, 5.41) is 10.1. The summed E-state index contributed by atoms with van der Waals surface area (Å²) in [7, 11) is 10.1. The predicted octanol–water partition coefficient (Wildman–Crippen LogP) is 1.31. The minimum atomic E-state index is -6.51. The van der Waals surface area contributed by atoms with Gasteiger partial charge in [0, 0.05) is 5.56 Å². The standard InChI is InChI=1S/C14H11B3F6O6S/c15-2-6-1-7(3-16)10(24)8(4-17)9(6)11(25)29-12(13(18,19)20,14(21,22)23)5-30(26,27)28/h1,24H,2-5H2,(H,26,27,28). The summed E-state index contributed by atoms with van der Waals surface area (Å²) < 4.78 is 114. The Labute approximate surface area is 170 Å². The molecule has 0 aliphatic carbocycles. The Balaban J connectivity index is 3.79. The van der Waals surface area contributed by atoms with Crippen molar-refractivity contribution in [3.63, 3.8) is 0 Å². The second kappa shape index (κ2) is 8.73. The molecule has 0 aliphatic heterocycles. The van der Waals surface area contributed by atoms with Gasteiger partial charge in [-0.05, 0) is 11.1 Å². The Morgan fingerprint density at radius 3 is 1.77 bits per heavy atom. The highest BCUT2D eigenvalue weighted by Crippen LogP contribution is 2.47. The van der Waals surface area contributed by atoms with Crippen molar-refractivity contribution in [2.75, 3.05) is 5.75 Å². The van der Waals surface area contributed by atoms with Crippen molar-refractivity contribution in [1.29, 1.82) is 0 Å². The van der Waals surface area contributed by atoms with E-state index >= 15 is 0 Å². The van der Waals surface area contributed by atoms with E-state index in [1.807, 2.05) is 0 Å². The summed E-state index contributed by atoms with van der Waals surface area (Å²) in [4.78, 5) is 12.4. The van der Waals surface area contributed by atoms with E-state index in [1.165, 1.54) is 0 Å². The summed E-state index contributed by atoms with van der Waals surface area (Å²) in [5.74, 6) is -6.17. The normalized spacial score (nSPS) is 13.3. The summed E-state index contributed by atoms with van der Waals surface area (Å²) in [5.41, 5.74) is -7.70. The van der Waals surface area contributed by atoms with Gasteiger partial charge in [0.2, 0.25) is 0 Å². The predicted molar refractivity (Wildman–Crippen MR) is 93.2 cm³/mol. The second-order valence-corrected chi connectivity index (χ2v) is 7.40. The number of halogens is 6. The van der Waals surface area contributed by atoms with Crippen LogP contribution in [0.2, 0.25) is 0 Å². The maximum atomic E-state index is 13.4. The van der Waals surface area contributed by atoms with E-state index in [0.29, 0.717) is 0 Å². The average Bonchev–Trinajstić information content (AvgIpc) is 2.57. The number of alkyl halides is 6. The molecule has 0 heterocycles. The minimum absolute atomic E-state index is 0.0664. The van der Waals surface area contributed by atoms with Crippen LogP contribution in [0.25, 0.3) is 0 Å². The zero-order valence-electron chi connectivity index (χ0n) is 14.8. The van der Waals surface area contributed by atoms with Crippen LogP contribution in [0, 0.1) is 0 Å². The molecule has 0 spiro atoms. The van der Waals surface area contributed by atoms with E-state index < -0.39 is 69.3 Å². The average molecular weight is 454 g/mol. The fraction of sp³-hybridized carbons (Fsp3) is 0.500. The molecule has 0 unspecified atom stereocenters. The number of aromatic hydroxyl groups is 1. The quantitative estimate of drug-likeness (QED) is 0.279. The lowest BCUT2D eigenvalue weighted by atomic mass is 9.81. The van der Waals surface area contributed by atoms with Gasteiger partial charge in [-0.1, -0.05) is 25.0 Å². The van der Waals surface area contributed by atoms with E-state index in [0.717, 1.165) is 6.07 Å². The molecule has 16 heteroatoms. The lowest BCUT2D eigenvalue weighted by molar-refractivity contribution is -0.356. The van der Waals surface area contributed by atoms with Crippen LogP contribution >= 0.6 is 0 Å². The Morgan fingerprint density at radius 1 is 0.967 bits per heavy atom. The third-order valence-electron chi connectivity index (χ3n) is 3.98. The minimum Gasteiger partial charge on any atom is -0.507 e. The molecule has 0 saturated carbocycles. The molecule has 0 aliphatic rings. The first-order valence-corrected chi connectivity index (χ1v) is 9.35. The fourth-order valence-corrected chi connectivity index (χ4v) is 3.46. The Kier molecular flexibility index (Phi) is 7.63. The van der Waals surface area contributed by atoms with Gasteiger partial charge in [-0.2, -0.15) is 34.8 Å². The first kappa shape index (κ1) is 26.2. The number of hydrogen-bond donors (Lipinski definition) is 2. The van der Waals surface area contributed by atoms with Crippen LogP contribution in [-0.4, -0.2) is 71.3 Å². The highest BCUT2D eigenvalue weighted by atomic mass is 32.2. The lowest BCUT2D eigenvalue weighted by Gasteiger charge is -2.35. The number of hydrogen-bond acceptors (Lipinski definition) is 5. The number of carbonyl (C=O) groups is 1. The van der Waals surface area contributed by atoms with Crippen molar-refractivity contribution in [1.82, 2.24) is 0 Å². The Morgan fingerprint density at radius 2 is 1.43 bits per heavy atom. The fourth-order valence-electron chi connectivity index (χ4n) is 2.56. The maximum Gasteiger partial charge on any atom is 0.438 e. The van der Waals surface area contributed by atoms with Gasteiger partial charge in [0.05, 0.1) is 29.1 Å². The van der Waals surface area contributed by atoms with Crippen LogP contribution < -0.4 is 0 Å². The van der Waals surface area contributed by atoms with Crippen LogP contribution in [0.3, 0.4) is 0 Å². The molecular formula is C14H11B3F6O6S. The van der Waals surface area contributed by atoms with Gasteiger partial charge in [-0.3, -0.25) is 4.55 Å². The number of phenols is 1. The number of rotatable bonds is 7. The van der Waals surface area contributed by atoms with Crippen LogP contribution in [0.5, 0.6) is 5.75 Å². The highest BCUT2D eigenvalue weighted by Gasteiger charge is 2.76. The number of benzene rings is 1. The Hall–Kier alpha value is -1.83. The third kappa shape index (κ3) is 5.07. The van der Waals surface area contributed by atoms with Crippen LogP contribution in [0.4, 0.5) is 26.3 Å². The molecule has 0 aromatic heterocycles. The van der Waals surface area contributed by atoms with Gasteiger partial charge in [0.25, 0.3) is 10.1 Å². The molecule has 1 aromatic rings. The lowest BCUT2D eigenvalue weighted by Crippen LogP contribution is -2.63. The highest BCUT2D eigenvalue weighted by molar-refractivity contribution is 7.85. The van der Waals surface area contributed by atoms with Crippen molar-refractivity contribution in [2.24, 2.45) is 0 Å². The molecule has 6 radical (unpaired) electrons.